The lowest BCUT2D eigenvalue weighted by atomic mass is 9.41. The van der Waals surface area contributed by atoms with E-state index in [4.69, 9.17) is 8.37 Å². The van der Waals surface area contributed by atoms with Crippen molar-refractivity contribution in [2.75, 3.05) is 13.2 Å². The zero-order valence-electron chi connectivity index (χ0n) is 28.7. The Balaban J connectivity index is 0.921. The van der Waals surface area contributed by atoms with Crippen LogP contribution in [-0.2, 0) is 19.7 Å². The summed E-state index contributed by atoms with van der Waals surface area (Å²) in [6.07, 6.45) is 23.8. The maximum absolute atomic E-state index is 13.5. The minimum absolute atomic E-state index is 0.0786. The summed E-state index contributed by atoms with van der Waals surface area (Å²) in [6, 6.07) is 0. The molecule has 0 aliphatic heterocycles. The van der Waals surface area contributed by atoms with Crippen LogP contribution in [0.4, 0.5) is 0 Å². The zero-order chi connectivity index (χ0) is 30.8. The zero-order valence-corrected chi connectivity index (χ0v) is 29.5. The maximum atomic E-state index is 13.5. The molecule has 0 aromatic heterocycles. The first kappa shape index (κ1) is 30.9. The Kier molecular flexibility index (Phi) is 7.21. The molecule has 8 aliphatic rings. The predicted molar refractivity (Wildman–Crippen MR) is 180 cm³/mol. The summed E-state index contributed by atoms with van der Waals surface area (Å²) < 4.78 is 26.0. The SMILES string of the molecule is C=C1C[C@@]23CC[C@@H]4[C@](C)(COS(=O)OC[C@]5(C)CCC[C@]6(C)[C@@H]5CC[C@]57CC(=C)[C@H](CC[C@H]56)C7)CCC[C@@]4(C)[C@@H]2CC[C@@H]1C3. The Morgan fingerprint density at radius 3 is 1.48 bits per heavy atom. The molecule has 3 nitrogen and oxygen atoms in total. The molecule has 2 spiro atoms. The van der Waals surface area contributed by atoms with E-state index in [1.807, 2.05) is 0 Å². The first-order valence-corrected chi connectivity index (χ1v) is 19.9. The molecular formula is C40H62O3S. The Hall–Kier alpha value is -0.450. The number of allylic oxidation sites excluding steroid dienone is 2. The van der Waals surface area contributed by atoms with Gasteiger partial charge < -0.3 is 0 Å². The lowest BCUT2D eigenvalue weighted by Gasteiger charge is -2.64. The van der Waals surface area contributed by atoms with Crippen LogP contribution >= 0.6 is 0 Å². The third kappa shape index (κ3) is 4.33. The molecule has 0 saturated heterocycles. The van der Waals surface area contributed by atoms with E-state index in [0.29, 0.717) is 46.7 Å². The Morgan fingerprint density at radius 2 is 1.05 bits per heavy atom. The quantitative estimate of drug-likeness (QED) is 0.277. The van der Waals surface area contributed by atoms with Crippen LogP contribution in [0.3, 0.4) is 0 Å². The predicted octanol–water partition coefficient (Wildman–Crippen LogP) is 10.5. The fourth-order valence-corrected chi connectivity index (χ4v) is 16.5. The van der Waals surface area contributed by atoms with Crippen LogP contribution in [0.25, 0.3) is 0 Å². The van der Waals surface area contributed by atoms with Crippen molar-refractivity contribution in [2.24, 2.45) is 68.0 Å². The van der Waals surface area contributed by atoms with Crippen LogP contribution < -0.4 is 0 Å². The fraction of sp³-hybridized carbons (Fsp3) is 0.900. The molecule has 8 aliphatic carbocycles. The van der Waals surface area contributed by atoms with Crippen molar-refractivity contribution >= 4 is 11.4 Å². The number of hydrogen-bond acceptors (Lipinski definition) is 3. The van der Waals surface area contributed by atoms with Crippen LogP contribution in [0.2, 0.25) is 0 Å². The number of hydrogen-bond donors (Lipinski definition) is 0. The highest BCUT2D eigenvalue weighted by atomic mass is 32.2. The maximum Gasteiger partial charge on any atom is 0.304 e. The van der Waals surface area contributed by atoms with E-state index in [2.05, 4.69) is 40.9 Å². The summed E-state index contributed by atoms with van der Waals surface area (Å²) in [6.45, 7) is 20.4. The van der Waals surface area contributed by atoms with Crippen molar-refractivity contribution in [2.45, 2.75) is 143 Å². The number of fused-ring (bicyclic) bond motifs is 6. The van der Waals surface area contributed by atoms with Crippen molar-refractivity contribution in [3.05, 3.63) is 24.3 Å². The van der Waals surface area contributed by atoms with Crippen molar-refractivity contribution < 1.29 is 12.6 Å². The van der Waals surface area contributed by atoms with E-state index < -0.39 is 11.4 Å². The van der Waals surface area contributed by atoms with Crippen LogP contribution in [-0.4, -0.2) is 17.4 Å². The molecule has 4 heteroatoms. The third-order valence-electron chi connectivity index (χ3n) is 17.3. The summed E-state index contributed by atoms with van der Waals surface area (Å²) >= 11 is -1.68. The monoisotopic (exact) mass is 622 g/mol. The molecule has 0 aromatic rings. The molecule has 8 fully saturated rings. The van der Waals surface area contributed by atoms with Crippen LogP contribution in [0.5, 0.6) is 0 Å². The van der Waals surface area contributed by atoms with E-state index in [-0.39, 0.29) is 10.8 Å². The van der Waals surface area contributed by atoms with E-state index in [1.165, 1.54) is 116 Å². The van der Waals surface area contributed by atoms with Gasteiger partial charge in [-0.25, -0.2) is 0 Å². The lowest BCUT2D eigenvalue weighted by molar-refractivity contribution is -0.159. The summed E-state index contributed by atoms with van der Waals surface area (Å²) in [5.41, 5.74) is 5.05. The molecule has 12 atom stereocenters. The van der Waals surface area contributed by atoms with E-state index in [0.717, 1.165) is 23.7 Å². The van der Waals surface area contributed by atoms with Crippen LogP contribution in [0.15, 0.2) is 24.3 Å². The second-order valence-electron chi connectivity index (χ2n) is 19.4. The van der Waals surface area contributed by atoms with Gasteiger partial charge in [0.05, 0.1) is 13.2 Å². The van der Waals surface area contributed by atoms with Gasteiger partial charge in [-0.15, -0.1) is 0 Å². The molecular weight excluding hydrogens is 561 g/mol. The first-order chi connectivity index (χ1) is 20.8. The number of rotatable bonds is 6. The standard InChI is InChI=1S/C40H62O3S/c1-27-21-39-19-13-31-35(3,15-7-17-37(31,5)33(39)11-9-29(27)23-39)25-42-44(41)43-26-36(4)16-8-18-38(6)32(36)14-20-40-22-28(2)30(24-40)10-12-34(38)40/h29-34H,1-2,7-26H2,3-6H3/t29-,30-,31-,32-,33+,34+,35+,36+,37-,38-,39-,40-/m1/s1. The van der Waals surface area contributed by atoms with Crippen LogP contribution in [0, 0.1) is 68.0 Å². The summed E-state index contributed by atoms with van der Waals surface area (Å²) in [5, 5.41) is 0. The van der Waals surface area contributed by atoms with Gasteiger partial charge in [-0.2, -0.15) is 4.21 Å². The summed E-state index contributed by atoms with van der Waals surface area (Å²) in [4.78, 5) is 0. The molecule has 44 heavy (non-hydrogen) atoms. The third-order valence-corrected chi connectivity index (χ3v) is 18.0. The first-order valence-electron chi connectivity index (χ1n) is 18.9. The highest BCUT2D eigenvalue weighted by Crippen LogP contribution is 2.73. The average Bonchev–Trinajstić information content (AvgIpc) is 3.35. The van der Waals surface area contributed by atoms with Gasteiger partial charge in [0.15, 0.2) is 0 Å². The largest absolute Gasteiger partial charge is 0.304 e. The molecule has 4 bridgehead atoms. The minimum atomic E-state index is -1.68. The molecule has 8 saturated carbocycles. The average molecular weight is 623 g/mol. The summed E-state index contributed by atoms with van der Waals surface area (Å²) in [7, 11) is 0. The van der Waals surface area contributed by atoms with Crippen LogP contribution in [0.1, 0.15) is 143 Å². The molecule has 0 unspecified atom stereocenters. The Bertz CT molecular complexity index is 1150. The molecule has 246 valence electrons. The van der Waals surface area contributed by atoms with E-state index in [9.17, 15) is 4.21 Å². The second-order valence-corrected chi connectivity index (χ2v) is 20.3. The molecule has 0 amide bonds. The van der Waals surface area contributed by atoms with Gasteiger partial charge in [0.25, 0.3) is 0 Å². The Morgan fingerprint density at radius 1 is 0.614 bits per heavy atom. The molecule has 8 rings (SSSR count). The van der Waals surface area contributed by atoms with Gasteiger partial charge in [-0.1, -0.05) is 64.8 Å². The van der Waals surface area contributed by atoms with Gasteiger partial charge >= 0.3 is 11.4 Å². The van der Waals surface area contributed by atoms with Crippen molar-refractivity contribution in [1.82, 2.24) is 0 Å². The van der Waals surface area contributed by atoms with Crippen molar-refractivity contribution in [3.63, 3.8) is 0 Å². The fourth-order valence-electron chi connectivity index (χ4n) is 15.7. The smallest absolute Gasteiger partial charge is 0.268 e. The van der Waals surface area contributed by atoms with Crippen molar-refractivity contribution in [1.29, 1.82) is 0 Å². The topological polar surface area (TPSA) is 35.5 Å². The van der Waals surface area contributed by atoms with Gasteiger partial charge in [0.2, 0.25) is 0 Å². The van der Waals surface area contributed by atoms with Gasteiger partial charge in [-0.05, 0) is 171 Å². The van der Waals surface area contributed by atoms with Crippen molar-refractivity contribution in [3.8, 4) is 0 Å². The van der Waals surface area contributed by atoms with E-state index in [1.54, 1.807) is 11.1 Å². The highest BCUT2D eigenvalue weighted by molar-refractivity contribution is 7.75. The molecule has 0 heterocycles. The minimum Gasteiger partial charge on any atom is -0.268 e. The Labute approximate surface area is 272 Å². The molecule has 0 N–H and O–H groups in total. The highest BCUT2D eigenvalue weighted by Gasteiger charge is 2.65. The van der Waals surface area contributed by atoms with Gasteiger partial charge in [-0.3, -0.25) is 8.37 Å². The summed E-state index contributed by atoms with van der Waals surface area (Å²) in [5.74, 6) is 4.52. The molecule has 0 radical (unpaired) electrons. The molecule has 0 aromatic carbocycles. The lowest BCUT2D eigenvalue weighted by Crippen LogP contribution is -2.57. The van der Waals surface area contributed by atoms with E-state index >= 15 is 0 Å². The second kappa shape index (κ2) is 10.3. The van der Waals surface area contributed by atoms with Gasteiger partial charge in [0, 0.05) is 0 Å². The van der Waals surface area contributed by atoms with Gasteiger partial charge in [0.1, 0.15) is 0 Å². The normalized spacial score (nSPS) is 55.1.